The maximum Gasteiger partial charge on any atom is 0.320 e. The molecule has 0 atom stereocenters. The Balaban J connectivity index is 2.72. The third kappa shape index (κ3) is 2.73. The zero-order chi connectivity index (χ0) is 10.6. The molecule has 0 aromatic heterocycles. The van der Waals surface area contributed by atoms with Crippen molar-refractivity contribution in [1.82, 2.24) is 0 Å². The fourth-order valence-corrected chi connectivity index (χ4v) is 1.32. The Kier molecular flexibility index (Phi) is 3.45. The summed E-state index contributed by atoms with van der Waals surface area (Å²) >= 11 is 0. The van der Waals surface area contributed by atoms with E-state index in [0.29, 0.717) is 18.4 Å². The van der Waals surface area contributed by atoms with Gasteiger partial charge >= 0.3 is 5.97 Å². The highest BCUT2D eigenvalue weighted by Gasteiger charge is 2.13. The van der Waals surface area contributed by atoms with Crippen molar-refractivity contribution in [3.05, 3.63) is 23.5 Å². The first-order valence-corrected chi connectivity index (χ1v) is 4.45. The highest BCUT2D eigenvalue weighted by atomic mass is 16.4. The number of aliphatic carboxylic acids is 1. The molecule has 0 saturated heterocycles. The molecule has 0 heterocycles. The first-order chi connectivity index (χ1) is 6.61. The van der Waals surface area contributed by atoms with Crippen molar-refractivity contribution in [2.45, 2.75) is 25.7 Å². The number of rotatable bonds is 2. The smallest absolute Gasteiger partial charge is 0.320 e. The third-order valence-corrected chi connectivity index (χ3v) is 2.10. The molecule has 0 aromatic rings. The molecule has 0 amide bonds. The van der Waals surface area contributed by atoms with E-state index in [1.165, 1.54) is 6.08 Å². The van der Waals surface area contributed by atoms with E-state index >= 15 is 0 Å². The van der Waals surface area contributed by atoms with Crippen LogP contribution >= 0.6 is 0 Å². The number of hydrogen-bond donors (Lipinski definition) is 1. The van der Waals surface area contributed by atoms with Gasteiger partial charge in [0.05, 0.1) is 0 Å². The average Bonchev–Trinajstić information content (AvgIpc) is 2.16. The molecule has 1 rings (SSSR count). The van der Waals surface area contributed by atoms with Crippen molar-refractivity contribution in [3.63, 3.8) is 0 Å². The average molecular weight is 195 g/mol. The van der Waals surface area contributed by atoms with Crippen LogP contribution in [0.1, 0.15) is 25.7 Å². The maximum absolute atomic E-state index is 11.2. The van der Waals surface area contributed by atoms with E-state index in [0.717, 1.165) is 18.9 Å². The molecule has 0 aliphatic heterocycles. The van der Waals surface area contributed by atoms with E-state index in [1.54, 1.807) is 0 Å². The van der Waals surface area contributed by atoms with Crippen molar-refractivity contribution in [2.75, 3.05) is 0 Å². The second-order valence-corrected chi connectivity index (χ2v) is 3.16. The van der Waals surface area contributed by atoms with Crippen LogP contribution in [0.4, 0.5) is 0 Å². The van der Waals surface area contributed by atoms with E-state index in [4.69, 9.17) is 5.11 Å². The summed E-state index contributed by atoms with van der Waals surface area (Å²) in [7, 11) is 0. The molecular weight excluding hydrogens is 184 g/mol. The summed E-state index contributed by atoms with van der Waals surface area (Å²) in [6.07, 6.45) is 5.22. The van der Waals surface area contributed by atoms with Crippen LogP contribution in [-0.2, 0) is 9.59 Å². The van der Waals surface area contributed by atoms with Gasteiger partial charge in [0.2, 0.25) is 0 Å². The first-order valence-electron chi connectivity index (χ1n) is 4.45. The molecule has 1 fully saturated rings. The highest BCUT2D eigenvalue weighted by molar-refractivity contribution is 5.96. The minimum Gasteiger partial charge on any atom is -0.868 e. The predicted molar refractivity (Wildman–Crippen MR) is 47.3 cm³/mol. The lowest BCUT2D eigenvalue weighted by Gasteiger charge is -2.12. The van der Waals surface area contributed by atoms with Crippen LogP contribution in [0.3, 0.4) is 0 Å². The van der Waals surface area contributed by atoms with Gasteiger partial charge in [0, 0.05) is 6.42 Å². The van der Waals surface area contributed by atoms with Crippen LogP contribution in [0.25, 0.3) is 0 Å². The molecule has 1 saturated carbocycles. The minimum absolute atomic E-state index is 0.0192. The molecular formula is C10H11O4-. The minimum atomic E-state index is -1.50. The number of carbonyl (C=O) groups is 2. The zero-order valence-corrected chi connectivity index (χ0v) is 7.66. The number of allylic oxidation sites excluding steroid dienone is 3. The van der Waals surface area contributed by atoms with Crippen molar-refractivity contribution in [2.24, 2.45) is 0 Å². The Morgan fingerprint density at radius 1 is 1.36 bits per heavy atom. The SMILES string of the molecule is O=C1CCCC/C1=C/C=C(/[O-])C(=O)O. The molecule has 1 N–H and O–H groups in total. The zero-order valence-electron chi connectivity index (χ0n) is 7.66. The second kappa shape index (κ2) is 4.60. The molecule has 0 aromatic carbocycles. The van der Waals surface area contributed by atoms with E-state index in [1.807, 2.05) is 0 Å². The van der Waals surface area contributed by atoms with Crippen molar-refractivity contribution < 1.29 is 19.8 Å². The summed E-state index contributed by atoms with van der Waals surface area (Å²) in [5.41, 5.74) is 0.561. The summed E-state index contributed by atoms with van der Waals surface area (Å²) in [5, 5.41) is 19.0. The Labute approximate surface area is 81.6 Å². The van der Waals surface area contributed by atoms with Gasteiger partial charge in [-0.2, -0.15) is 0 Å². The van der Waals surface area contributed by atoms with Crippen LogP contribution in [0.2, 0.25) is 0 Å². The molecule has 0 radical (unpaired) electrons. The van der Waals surface area contributed by atoms with Crippen LogP contribution < -0.4 is 5.11 Å². The van der Waals surface area contributed by atoms with Crippen molar-refractivity contribution in [3.8, 4) is 0 Å². The molecule has 1 aliphatic rings. The maximum atomic E-state index is 11.2. The Morgan fingerprint density at radius 2 is 2.00 bits per heavy atom. The quantitative estimate of drug-likeness (QED) is 0.510. The van der Waals surface area contributed by atoms with Crippen molar-refractivity contribution in [1.29, 1.82) is 0 Å². The van der Waals surface area contributed by atoms with Gasteiger partial charge in [-0.05, 0) is 30.6 Å². The van der Waals surface area contributed by atoms with Gasteiger partial charge in [0.25, 0.3) is 0 Å². The van der Waals surface area contributed by atoms with Crippen LogP contribution in [0.5, 0.6) is 0 Å². The van der Waals surface area contributed by atoms with E-state index in [-0.39, 0.29) is 5.78 Å². The summed E-state index contributed by atoms with van der Waals surface area (Å²) in [4.78, 5) is 21.4. The fourth-order valence-electron chi connectivity index (χ4n) is 1.32. The predicted octanol–water partition coefficient (Wildman–Crippen LogP) is 0.385. The van der Waals surface area contributed by atoms with Crippen LogP contribution in [0, 0.1) is 0 Å². The molecule has 0 bridgehead atoms. The number of carboxylic acids is 1. The molecule has 1 aliphatic carbocycles. The number of Topliss-reactive ketones (excluding diaryl/α,β-unsaturated/α-hetero) is 1. The molecule has 0 spiro atoms. The second-order valence-electron chi connectivity index (χ2n) is 3.16. The van der Waals surface area contributed by atoms with Crippen molar-refractivity contribution >= 4 is 11.8 Å². The summed E-state index contributed by atoms with van der Waals surface area (Å²) < 4.78 is 0. The van der Waals surface area contributed by atoms with E-state index < -0.39 is 11.7 Å². The van der Waals surface area contributed by atoms with Crippen LogP contribution in [-0.4, -0.2) is 16.9 Å². The monoisotopic (exact) mass is 195 g/mol. The summed E-state index contributed by atoms with van der Waals surface area (Å²) in [6, 6.07) is 0. The number of carbonyl (C=O) groups excluding carboxylic acids is 1. The summed E-state index contributed by atoms with van der Waals surface area (Å²) in [5.74, 6) is -2.47. The van der Waals surface area contributed by atoms with Gasteiger partial charge in [0.15, 0.2) is 5.78 Å². The van der Waals surface area contributed by atoms with Gasteiger partial charge < -0.3 is 10.2 Å². The molecule has 14 heavy (non-hydrogen) atoms. The standard InChI is InChI=1S/C10H12O4/c11-8-4-2-1-3-7(8)5-6-9(12)10(13)14/h5-6,12H,1-4H2,(H,13,14)/p-1/b7-5-,9-6+. The number of carboxylic acid groups (broad SMARTS) is 1. The Hall–Kier alpha value is -1.58. The van der Waals surface area contributed by atoms with E-state index in [2.05, 4.69) is 0 Å². The van der Waals surface area contributed by atoms with Gasteiger partial charge in [-0.15, -0.1) is 0 Å². The van der Waals surface area contributed by atoms with Gasteiger partial charge in [-0.1, -0.05) is 12.2 Å². The highest BCUT2D eigenvalue weighted by Crippen LogP contribution is 2.19. The molecule has 76 valence electrons. The third-order valence-electron chi connectivity index (χ3n) is 2.10. The lowest BCUT2D eigenvalue weighted by atomic mass is 9.93. The largest absolute Gasteiger partial charge is 0.868 e. The topological polar surface area (TPSA) is 77.4 Å². The molecule has 4 nitrogen and oxygen atoms in total. The van der Waals surface area contributed by atoms with E-state index in [9.17, 15) is 14.7 Å². The lowest BCUT2D eigenvalue weighted by molar-refractivity contribution is -0.302. The molecule has 0 unspecified atom stereocenters. The fraction of sp³-hybridized carbons (Fsp3) is 0.400. The first kappa shape index (κ1) is 10.5. The van der Waals surface area contributed by atoms with Crippen LogP contribution in [0.15, 0.2) is 23.5 Å². The number of hydrogen-bond acceptors (Lipinski definition) is 3. The summed E-state index contributed by atoms with van der Waals surface area (Å²) in [6.45, 7) is 0. The van der Waals surface area contributed by atoms with Gasteiger partial charge in [0.1, 0.15) is 0 Å². The lowest BCUT2D eigenvalue weighted by Crippen LogP contribution is -2.14. The normalized spacial score (nSPS) is 21.3. The Morgan fingerprint density at radius 3 is 2.57 bits per heavy atom. The van der Waals surface area contributed by atoms with Gasteiger partial charge in [-0.3, -0.25) is 4.79 Å². The number of ketones is 1. The molecule has 4 heteroatoms. The Bertz CT molecular complexity index is 312. The van der Waals surface area contributed by atoms with Gasteiger partial charge in [-0.25, -0.2) is 4.79 Å².